The van der Waals surface area contributed by atoms with Crippen molar-refractivity contribution in [3.8, 4) is 0 Å². The van der Waals surface area contributed by atoms with Crippen molar-refractivity contribution in [2.75, 3.05) is 13.6 Å². The SMILES string of the molecule is CCCCN(C)S(=O)(=O)c1cc(CO)n(CC)c1. The number of nitrogens with zero attached hydrogens (tertiary/aromatic N) is 2. The summed E-state index contributed by atoms with van der Waals surface area (Å²) in [5.41, 5.74) is 0.625. The fourth-order valence-electron chi connectivity index (χ4n) is 1.77. The molecule has 6 heteroatoms. The summed E-state index contributed by atoms with van der Waals surface area (Å²) in [4.78, 5) is 0.256. The average Bonchev–Trinajstić information content (AvgIpc) is 2.79. The van der Waals surface area contributed by atoms with E-state index < -0.39 is 10.0 Å². The van der Waals surface area contributed by atoms with E-state index in [2.05, 4.69) is 0 Å². The molecule has 0 aliphatic rings. The molecule has 1 aromatic heterocycles. The van der Waals surface area contributed by atoms with Crippen LogP contribution in [-0.4, -0.2) is 36.0 Å². The topological polar surface area (TPSA) is 62.5 Å². The summed E-state index contributed by atoms with van der Waals surface area (Å²) in [7, 11) is -1.84. The number of hydrogen-bond acceptors (Lipinski definition) is 3. The van der Waals surface area contributed by atoms with Crippen LogP contribution in [0.3, 0.4) is 0 Å². The summed E-state index contributed by atoms with van der Waals surface area (Å²) in [5, 5.41) is 9.18. The van der Waals surface area contributed by atoms with Gasteiger partial charge in [-0.3, -0.25) is 0 Å². The molecule has 5 nitrogen and oxygen atoms in total. The van der Waals surface area contributed by atoms with E-state index in [1.165, 1.54) is 4.31 Å². The second-order valence-corrected chi connectivity index (χ2v) is 6.34. The van der Waals surface area contributed by atoms with Gasteiger partial charge in [-0.15, -0.1) is 0 Å². The van der Waals surface area contributed by atoms with Gasteiger partial charge in [0.1, 0.15) is 4.90 Å². The van der Waals surface area contributed by atoms with E-state index in [4.69, 9.17) is 0 Å². The molecule has 1 heterocycles. The number of sulfonamides is 1. The first-order chi connectivity index (χ1) is 8.47. The van der Waals surface area contributed by atoms with Crippen LogP contribution in [0.1, 0.15) is 32.4 Å². The third-order valence-corrected chi connectivity index (χ3v) is 4.82. The van der Waals surface area contributed by atoms with Crippen molar-refractivity contribution in [2.24, 2.45) is 0 Å². The summed E-state index contributed by atoms with van der Waals surface area (Å²) in [6.07, 6.45) is 3.39. The molecule has 0 aliphatic carbocycles. The molecule has 0 unspecified atom stereocenters. The fraction of sp³-hybridized carbons (Fsp3) is 0.667. The molecule has 0 spiro atoms. The number of aliphatic hydroxyl groups excluding tert-OH is 1. The van der Waals surface area contributed by atoms with Crippen molar-refractivity contribution in [3.63, 3.8) is 0 Å². The highest BCUT2D eigenvalue weighted by atomic mass is 32.2. The predicted octanol–water partition coefficient (Wildman–Crippen LogP) is 1.42. The van der Waals surface area contributed by atoms with E-state index in [0.717, 1.165) is 12.8 Å². The highest BCUT2D eigenvalue weighted by Crippen LogP contribution is 2.18. The molecule has 0 aromatic carbocycles. The number of aliphatic hydroxyl groups is 1. The van der Waals surface area contributed by atoms with E-state index in [1.54, 1.807) is 23.9 Å². The molecule has 18 heavy (non-hydrogen) atoms. The minimum Gasteiger partial charge on any atom is -0.390 e. The highest BCUT2D eigenvalue weighted by molar-refractivity contribution is 7.89. The Morgan fingerprint density at radius 2 is 2.06 bits per heavy atom. The van der Waals surface area contributed by atoms with Gasteiger partial charge in [-0.25, -0.2) is 12.7 Å². The lowest BCUT2D eigenvalue weighted by Gasteiger charge is -2.15. The lowest BCUT2D eigenvalue weighted by molar-refractivity contribution is 0.271. The predicted molar refractivity (Wildman–Crippen MR) is 70.8 cm³/mol. The fourth-order valence-corrected chi connectivity index (χ4v) is 3.05. The largest absolute Gasteiger partial charge is 0.390 e. The monoisotopic (exact) mass is 274 g/mol. The van der Waals surface area contributed by atoms with Crippen LogP contribution in [0.5, 0.6) is 0 Å². The number of aryl methyl sites for hydroxylation is 1. The lowest BCUT2D eigenvalue weighted by Crippen LogP contribution is -2.27. The smallest absolute Gasteiger partial charge is 0.244 e. The molecule has 0 fully saturated rings. The summed E-state index contributed by atoms with van der Waals surface area (Å²) < 4.78 is 27.7. The number of hydrogen-bond donors (Lipinski definition) is 1. The van der Waals surface area contributed by atoms with Crippen molar-refractivity contribution in [1.82, 2.24) is 8.87 Å². The molecule has 1 rings (SSSR count). The average molecular weight is 274 g/mol. The van der Waals surface area contributed by atoms with E-state index >= 15 is 0 Å². The molecule has 0 bridgehead atoms. The Morgan fingerprint density at radius 1 is 1.39 bits per heavy atom. The molecular formula is C12H22N2O3S. The van der Waals surface area contributed by atoms with Crippen LogP contribution in [0.15, 0.2) is 17.2 Å². The van der Waals surface area contributed by atoms with Gasteiger partial charge in [0.25, 0.3) is 0 Å². The van der Waals surface area contributed by atoms with Gasteiger partial charge < -0.3 is 9.67 Å². The molecule has 0 saturated carbocycles. The van der Waals surface area contributed by atoms with Crippen LogP contribution in [0.2, 0.25) is 0 Å². The van der Waals surface area contributed by atoms with Crippen LogP contribution in [-0.2, 0) is 23.2 Å². The second-order valence-electron chi connectivity index (χ2n) is 4.29. The zero-order valence-electron chi connectivity index (χ0n) is 11.3. The molecule has 104 valence electrons. The van der Waals surface area contributed by atoms with E-state index in [-0.39, 0.29) is 11.5 Å². The van der Waals surface area contributed by atoms with Gasteiger partial charge >= 0.3 is 0 Å². The number of rotatable bonds is 7. The molecule has 0 saturated heterocycles. The Bertz CT molecular complexity index is 458. The zero-order chi connectivity index (χ0) is 13.8. The van der Waals surface area contributed by atoms with Gasteiger partial charge in [-0.1, -0.05) is 13.3 Å². The lowest BCUT2D eigenvalue weighted by atomic mass is 10.3. The van der Waals surface area contributed by atoms with Crippen molar-refractivity contribution in [1.29, 1.82) is 0 Å². The standard InChI is InChI=1S/C12H22N2O3S/c1-4-6-7-13(3)18(16,17)12-8-11(10-15)14(5-2)9-12/h8-9,15H,4-7,10H2,1-3H3. The van der Waals surface area contributed by atoms with Crippen molar-refractivity contribution in [3.05, 3.63) is 18.0 Å². The van der Waals surface area contributed by atoms with Gasteiger partial charge in [0.2, 0.25) is 10.0 Å². The van der Waals surface area contributed by atoms with Crippen LogP contribution >= 0.6 is 0 Å². The van der Waals surface area contributed by atoms with Crippen molar-refractivity contribution in [2.45, 2.75) is 44.7 Å². The summed E-state index contributed by atoms with van der Waals surface area (Å²) in [6, 6.07) is 1.54. The summed E-state index contributed by atoms with van der Waals surface area (Å²) in [5.74, 6) is 0. The molecule has 0 atom stereocenters. The first kappa shape index (κ1) is 15.2. The quantitative estimate of drug-likeness (QED) is 0.818. The third kappa shape index (κ3) is 3.13. The van der Waals surface area contributed by atoms with Crippen LogP contribution in [0.4, 0.5) is 0 Å². The Labute approximate surface area is 109 Å². The first-order valence-corrected chi connectivity index (χ1v) is 7.67. The second kappa shape index (κ2) is 6.36. The van der Waals surface area contributed by atoms with Crippen molar-refractivity contribution >= 4 is 10.0 Å². The first-order valence-electron chi connectivity index (χ1n) is 6.23. The summed E-state index contributed by atoms with van der Waals surface area (Å²) >= 11 is 0. The Morgan fingerprint density at radius 3 is 2.50 bits per heavy atom. The molecule has 0 amide bonds. The summed E-state index contributed by atoms with van der Waals surface area (Å²) in [6.45, 7) is 4.95. The normalized spacial score (nSPS) is 12.3. The molecule has 0 radical (unpaired) electrons. The molecule has 1 N–H and O–H groups in total. The van der Waals surface area contributed by atoms with Gasteiger partial charge in [-0.05, 0) is 19.4 Å². The number of aromatic nitrogens is 1. The zero-order valence-corrected chi connectivity index (χ0v) is 12.1. The minimum absolute atomic E-state index is 0.151. The number of unbranched alkanes of at least 4 members (excludes halogenated alkanes) is 1. The van der Waals surface area contributed by atoms with E-state index in [0.29, 0.717) is 18.8 Å². The maximum atomic E-state index is 12.3. The maximum absolute atomic E-state index is 12.3. The van der Waals surface area contributed by atoms with E-state index in [1.807, 2.05) is 13.8 Å². The Hall–Kier alpha value is -0.850. The van der Waals surface area contributed by atoms with Crippen LogP contribution < -0.4 is 0 Å². The maximum Gasteiger partial charge on any atom is 0.244 e. The van der Waals surface area contributed by atoms with Gasteiger partial charge in [0.15, 0.2) is 0 Å². The highest BCUT2D eigenvalue weighted by Gasteiger charge is 2.22. The van der Waals surface area contributed by atoms with Gasteiger partial charge in [0, 0.05) is 32.0 Å². The Kier molecular flexibility index (Phi) is 5.37. The molecular weight excluding hydrogens is 252 g/mol. The van der Waals surface area contributed by atoms with Gasteiger partial charge in [0.05, 0.1) is 6.61 Å². The minimum atomic E-state index is -3.43. The molecule has 1 aromatic rings. The van der Waals surface area contributed by atoms with Crippen molar-refractivity contribution < 1.29 is 13.5 Å². The van der Waals surface area contributed by atoms with Gasteiger partial charge in [-0.2, -0.15) is 0 Å². The van der Waals surface area contributed by atoms with Crippen LogP contribution in [0, 0.1) is 0 Å². The van der Waals surface area contributed by atoms with E-state index in [9.17, 15) is 13.5 Å². The van der Waals surface area contributed by atoms with Crippen LogP contribution in [0.25, 0.3) is 0 Å². The molecule has 0 aliphatic heterocycles. The third-order valence-electron chi connectivity index (χ3n) is 3.00. The Balaban J connectivity index is 3.01.